The minimum Gasteiger partial charge on any atom is -0.369 e. The second-order valence-electron chi connectivity index (χ2n) is 5.90. The van der Waals surface area contributed by atoms with Crippen LogP contribution < -0.4 is 10.6 Å². The molecule has 0 saturated carbocycles. The summed E-state index contributed by atoms with van der Waals surface area (Å²) in [6.45, 7) is 2.02. The molecule has 2 N–H and O–H groups in total. The zero-order chi connectivity index (χ0) is 18.8. The molecule has 0 aliphatic rings. The van der Waals surface area contributed by atoms with Gasteiger partial charge < -0.3 is 10.6 Å². The van der Waals surface area contributed by atoms with E-state index in [4.69, 9.17) is 5.73 Å². The fraction of sp³-hybridized carbons (Fsp3) is 0.150. The predicted octanol–water partition coefficient (Wildman–Crippen LogP) is 4.90. The predicted molar refractivity (Wildman–Crippen MR) is 99.3 cm³/mol. The van der Waals surface area contributed by atoms with Crippen LogP contribution in [0.15, 0.2) is 53.5 Å². The first kappa shape index (κ1) is 17.8. The molecule has 0 fully saturated rings. The quantitative estimate of drug-likeness (QED) is 0.535. The molecule has 0 saturated heterocycles. The monoisotopic (exact) mass is 357 g/mol. The number of guanidine groups is 1. The van der Waals surface area contributed by atoms with Gasteiger partial charge in [-0.1, -0.05) is 31.2 Å². The highest BCUT2D eigenvalue weighted by Gasteiger charge is 2.20. The Balaban J connectivity index is 2.11. The number of anilines is 1. The van der Waals surface area contributed by atoms with Crippen LogP contribution in [0.3, 0.4) is 0 Å². The second kappa shape index (κ2) is 7.07. The standard InChI is InChI=1S/C20H18F3N3/c1-3-12-6-4-7-13(10-12)25-20(24)26(2)19-14-8-5-9-15(21)18(14)16(22)11-17(19)23/h4-11H,3H2,1-2H3,(H2,24,25). The largest absolute Gasteiger partial charge is 0.369 e. The van der Waals surface area contributed by atoms with Gasteiger partial charge in [-0.15, -0.1) is 0 Å². The van der Waals surface area contributed by atoms with E-state index in [1.807, 2.05) is 25.1 Å². The van der Waals surface area contributed by atoms with E-state index in [0.717, 1.165) is 18.1 Å². The van der Waals surface area contributed by atoms with Crippen LogP contribution in [0.2, 0.25) is 0 Å². The number of aryl methyl sites for hydroxylation is 1. The average molecular weight is 357 g/mol. The van der Waals surface area contributed by atoms with Gasteiger partial charge in [-0.05, 0) is 30.2 Å². The minimum atomic E-state index is -0.959. The van der Waals surface area contributed by atoms with Gasteiger partial charge in [-0.3, -0.25) is 0 Å². The van der Waals surface area contributed by atoms with Crippen LogP contribution in [-0.4, -0.2) is 13.0 Å². The van der Waals surface area contributed by atoms with Gasteiger partial charge in [0, 0.05) is 18.5 Å². The Hall–Kier alpha value is -3.02. The van der Waals surface area contributed by atoms with Gasteiger partial charge in [0.2, 0.25) is 5.96 Å². The molecule has 0 unspecified atom stereocenters. The van der Waals surface area contributed by atoms with Gasteiger partial charge in [-0.2, -0.15) is 0 Å². The summed E-state index contributed by atoms with van der Waals surface area (Å²) < 4.78 is 42.5. The summed E-state index contributed by atoms with van der Waals surface area (Å²) in [4.78, 5) is 5.59. The van der Waals surface area contributed by atoms with Gasteiger partial charge in [0.05, 0.1) is 16.8 Å². The molecular weight excluding hydrogens is 339 g/mol. The lowest BCUT2D eigenvalue weighted by Crippen LogP contribution is -2.34. The van der Waals surface area contributed by atoms with Crippen molar-refractivity contribution in [2.45, 2.75) is 13.3 Å². The maximum absolute atomic E-state index is 14.5. The molecule has 0 radical (unpaired) electrons. The van der Waals surface area contributed by atoms with Crippen LogP contribution in [0.25, 0.3) is 10.8 Å². The molecule has 0 heterocycles. The third kappa shape index (κ3) is 3.22. The highest BCUT2D eigenvalue weighted by molar-refractivity contribution is 6.05. The van der Waals surface area contributed by atoms with Crippen molar-refractivity contribution < 1.29 is 13.2 Å². The number of fused-ring (bicyclic) bond motifs is 1. The molecule has 6 heteroatoms. The van der Waals surface area contributed by atoms with Crippen molar-refractivity contribution in [2.24, 2.45) is 10.7 Å². The number of hydrogen-bond donors (Lipinski definition) is 1. The van der Waals surface area contributed by atoms with Crippen LogP contribution in [-0.2, 0) is 6.42 Å². The van der Waals surface area contributed by atoms with Crippen molar-refractivity contribution in [3.8, 4) is 0 Å². The molecular formula is C20H18F3N3. The van der Waals surface area contributed by atoms with Gasteiger partial charge in [-0.25, -0.2) is 18.2 Å². The molecule has 0 aromatic heterocycles. The highest BCUT2D eigenvalue weighted by Crippen LogP contribution is 2.33. The van der Waals surface area contributed by atoms with Crippen molar-refractivity contribution >= 4 is 28.1 Å². The smallest absolute Gasteiger partial charge is 0.200 e. The van der Waals surface area contributed by atoms with Crippen LogP contribution in [0.5, 0.6) is 0 Å². The lowest BCUT2D eigenvalue weighted by atomic mass is 10.1. The molecule has 0 bridgehead atoms. The zero-order valence-electron chi connectivity index (χ0n) is 14.4. The first-order valence-corrected chi connectivity index (χ1v) is 8.15. The van der Waals surface area contributed by atoms with Crippen LogP contribution in [0.1, 0.15) is 12.5 Å². The number of benzene rings is 3. The minimum absolute atomic E-state index is 0.00863. The zero-order valence-corrected chi connectivity index (χ0v) is 14.4. The molecule has 0 spiro atoms. The van der Waals surface area contributed by atoms with E-state index in [1.165, 1.54) is 24.1 Å². The van der Waals surface area contributed by atoms with Gasteiger partial charge >= 0.3 is 0 Å². The normalized spacial score (nSPS) is 11.8. The van der Waals surface area contributed by atoms with Crippen molar-refractivity contribution in [3.63, 3.8) is 0 Å². The Labute approximate surface area is 149 Å². The highest BCUT2D eigenvalue weighted by atomic mass is 19.1. The summed E-state index contributed by atoms with van der Waals surface area (Å²) in [5, 5.41) is -0.193. The van der Waals surface area contributed by atoms with E-state index >= 15 is 0 Å². The van der Waals surface area contributed by atoms with Gasteiger partial charge in [0.1, 0.15) is 17.5 Å². The molecule has 3 rings (SSSR count). The Kier molecular flexibility index (Phi) is 4.84. The molecule has 0 aliphatic heterocycles. The molecule has 26 heavy (non-hydrogen) atoms. The fourth-order valence-electron chi connectivity index (χ4n) is 2.85. The van der Waals surface area contributed by atoms with E-state index in [0.29, 0.717) is 11.8 Å². The average Bonchev–Trinajstić information content (AvgIpc) is 2.61. The second-order valence-corrected chi connectivity index (χ2v) is 5.90. The summed E-state index contributed by atoms with van der Waals surface area (Å²) in [7, 11) is 1.50. The lowest BCUT2D eigenvalue weighted by Gasteiger charge is -2.21. The summed E-state index contributed by atoms with van der Waals surface area (Å²) in [5.74, 6) is -2.56. The summed E-state index contributed by atoms with van der Waals surface area (Å²) in [6, 6.07) is 12.1. The number of hydrogen-bond acceptors (Lipinski definition) is 1. The molecule has 0 amide bonds. The van der Waals surface area contributed by atoms with E-state index in [1.54, 1.807) is 6.07 Å². The van der Waals surface area contributed by atoms with Gasteiger partial charge in [0.15, 0.2) is 0 Å². The first-order valence-electron chi connectivity index (χ1n) is 8.15. The summed E-state index contributed by atoms with van der Waals surface area (Å²) >= 11 is 0. The molecule has 0 atom stereocenters. The van der Waals surface area contributed by atoms with Crippen molar-refractivity contribution in [1.82, 2.24) is 0 Å². The van der Waals surface area contributed by atoms with E-state index in [9.17, 15) is 13.2 Å². The Morgan fingerprint density at radius 2 is 1.73 bits per heavy atom. The molecule has 3 aromatic rings. The molecule has 3 nitrogen and oxygen atoms in total. The third-order valence-electron chi connectivity index (χ3n) is 4.23. The van der Waals surface area contributed by atoms with Crippen molar-refractivity contribution in [1.29, 1.82) is 0 Å². The maximum atomic E-state index is 14.5. The van der Waals surface area contributed by atoms with Crippen molar-refractivity contribution in [3.05, 3.63) is 71.5 Å². The van der Waals surface area contributed by atoms with Crippen molar-refractivity contribution in [2.75, 3.05) is 11.9 Å². The SMILES string of the molecule is CCc1cccc(N=C(N)N(C)c2c(F)cc(F)c3c(F)cccc23)c1. The number of nitrogens with two attached hydrogens (primary N) is 1. The Morgan fingerprint density at radius 1 is 1.00 bits per heavy atom. The topological polar surface area (TPSA) is 41.6 Å². The number of rotatable bonds is 3. The number of nitrogens with zero attached hydrogens (tertiary/aromatic N) is 2. The fourth-order valence-corrected chi connectivity index (χ4v) is 2.85. The number of halogens is 3. The maximum Gasteiger partial charge on any atom is 0.200 e. The lowest BCUT2D eigenvalue weighted by molar-refractivity contribution is 0.582. The summed E-state index contributed by atoms with van der Waals surface area (Å²) in [6.07, 6.45) is 0.843. The third-order valence-corrected chi connectivity index (χ3v) is 4.23. The first-order chi connectivity index (χ1) is 12.4. The molecule has 3 aromatic carbocycles. The number of aliphatic imine (C=N–C) groups is 1. The van der Waals surface area contributed by atoms with E-state index in [2.05, 4.69) is 4.99 Å². The van der Waals surface area contributed by atoms with E-state index < -0.39 is 17.5 Å². The van der Waals surface area contributed by atoms with Gasteiger partial charge in [0.25, 0.3) is 0 Å². The Bertz CT molecular complexity index is 999. The Morgan fingerprint density at radius 3 is 2.46 bits per heavy atom. The van der Waals surface area contributed by atoms with Crippen LogP contribution in [0, 0.1) is 17.5 Å². The molecule has 134 valence electrons. The van der Waals surface area contributed by atoms with Crippen LogP contribution in [0.4, 0.5) is 24.5 Å². The van der Waals surface area contributed by atoms with E-state index in [-0.39, 0.29) is 22.4 Å². The summed E-state index contributed by atoms with van der Waals surface area (Å²) in [5.41, 5.74) is 7.70. The van der Waals surface area contributed by atoms with Crippen LogP contribution >= 0.6 is 0 Å². The molecule has 0 aliphatic carbocycles.